The summed E-state index contributed by atoms with van der Waals surface area (Å²) in [6.07, 6.45) is 2.26. The molecule has 7 nitrogen and oxygen atoms in total. The number of nitrogens with two attached hydrogens (primary N) is 1. The number of amides is 3. The third-order valence-electron chi connectivity index (χ3n) is 3.85. The van der Waals surface area contributed by atoms with Gasteiger partial charge < -0.3 is 25.4 Å². The average Bonchev–Trinajstić information content (AvgIpc) is 3.07. The number of nitrogens with zero attached hydrogens (tertiary/aromatic N) is 1. The lowest BCUT2D eigenvalue weighted by atomic mass is 10.2. The van der Waals surface area contributed by atoms with Gasteiger partial charge in [0.1, 0.15) is 5.75 Å². The maximum atomic E-state index is 12.5. The fourth-order valence-corrected chi connectivity index (χ4v) is 2.54. The maximum Gasteiger partial charge on any atom is 0.322 e. The van der Waals surface area contributed by atoms with Crippen LogP contribution in [0, 0.1) is 0 Å². The number of primary amides is 1. The minimum absolute atomic E-state index is 0.109. The van der Waals surface area contributed by atoms with Crippen molar-refractivity contribution in [3.63, 3.8) is 0 Å². The van der Waals surface area contributed by atoms with Crippen molar-refractivity contribution < 1.29 is 19.1 Å². The number of hydrogen-bond acceptors (Lipinski definition) is 4. The van der Waals surface area contributed by atoms with Crippen LogP contribution in [-0.2, 0) is 9.53 Å². The van der Waals surface area contributed by atoms with Gasteiger partial charge in [-0.3, -0.25) is 4.79 Å². The molecule has 0 aromatic heterocycles. The van der Waals surface area contributed by atoms with Crippen molar-refractivity contribution in [1.29, 1.82) is 0 Å². The fraction of sp³-hybridized carbons (Fsp3) is 0.529. The van der Waals surface area contributed by atoms with Crippen molar-refractivity contribution in [3.8, 4) is 5.75 Å². The summed E-state index contributed by atoms with van der Waals surface area (Å²) in [5.41, 5.74) is 5.67. The Morgan fingerprint density at radius 3 is 2.88 bits per heavy atom. The molecule has 1 aliphatic rings. The summed E-state index contributed by atoms with van der Waals surface area (Å²) < 4.78 is 11.1. The minimum atomic E-state index is -0.426. The number of urea groups is 1. The van der Waals surface area contributed by atoms with Gasteiger partial charge in [0.25, 0.3) is 0 Å². The molecule has 3 N–H and O–H groups in total. The summed E-state index contributed by atoms with van der Waals surface area (Å²) >= 11 is 0. The van der Waals surface area contributed by atoms with Crippen LogP contribution < -0.4 is 15.8 Å². The van der Waals surface area contributed by atoms with Crippen LogP contribution in [0.2, 0.25) is 0 Å². The monoisotopic (exact) mass is 335 g/mol. The highest BCUT2D eigenvalue weighted by Crippen LogP contribution is 2.24. The third kappa shape index (κ3) is 5.42. The molecular weight excluding hydrogens is 310 g/mol. The summed E-state index contributed by atoms with van der Waals surface area (Å²) in [6.45, 7) is 4.04. The molecule has 1 fully saturated rings. The molecule has 7 heteroatoms. The topological polar surface area (TPSA) is 93.9 Å². The van der Waals surface area contributed by atoms with E-state index in [1.54, 1.807) is 23.1 Å². The van der Waals surface area contributed by atoms with Crippen LogP contribution in [0.4, 0.5) is 10.5 Å². The van der Waals surface area contributed by atoms with Gasteiger partial charge in [0.05, 0.1) is 24.8 Å². The third-order valence-corrected chi connectivity index (χ3v) is 3.85. The van der Waals surface area contributed by atoms with Crippen LogP contribution in [0.15, 0.2) is 24.3 Å². The Morgan fingerprint density at radius 1 is 1.42 bits per heavy atom. The largest absolute Gasteiger partial charge is 0.491 e. The van der Waals surface area contributed by atoms with Crippen molar-refractivity contribution in [2.24, 2.45) is 5.73 Å². The van der Waals surface area contributed by atoms with E-state index in [1.807, 2.05) is 13.0 Å². The molecule has 0 radical (unpaired) electrons. The van der Waals surface area contributed by atoms with E-state index < -0.39 is 5.91 Å². The van der Waals surface area contributed by atoms with Gasteiger partial charge in [-0.25, -0.2) is 4.79 Å². The summed E-state index contributed by atoms with van der Waals surface area (Å²) in [6, 6.07) is 6.93. The Bertz CT molecular complexity index is 559. The molecule has 3 amide bonds. The summed E-state index contributed by atoms with van der Waals surface area (Å²) in [7, 11) is 0. The van der Waals surface area contributed by atoms with Crippen molar-refractivity contribution in [3.05, 3.63) is 24.3 Å². The minimum Gasteiger partial charge on any atom is -0.491 e. The first-order chi connectivity index (χ1) is 11.6. The predicted molar refractivity (Wildman–Crippen MR) is 91.0 cm³/mol. The second kappa shape index (κ2) is 9.12. The maximum absolute atomic E-state index is 12.5. The zero-order chi connectivity index (χ0) is 17.4. The van der Waals surface area contributed by atoms with Gasteiger partial charge in [-0.1, -0.05) is 12.1 Å². The van der Waals surface area contributed by atoms with Gasteiger partial charge in [-0.2, -0.15) is 0 Å². The van der Waals surface area contributed by atoms with E-state index in [0.29, 0.717) is 24.5 Å². The Balaban J connectivity index is 1.95. The molecular formula is C17H25N3O4. The van der Waals surface area contributed by atoms with Gasteiger partial charge in [0, 0.05) is 19.7 Å². The molecule has 1 aromatic rings. The highest BCUT2D eigenvalue weighted by Gasteiger charge is 2.22. The lowest BCUT2D eigenvalue weighted by molar-refractivity contribution is -0.118. The van der Waals surface area contributed by atoms with Crippen molar-refractivity contribution in [1.82, 2.24) is 4.90 Å². The second-order valence-electron chi connectivity index (χ2n) is 5.66. The summed E-state index contributed by atoms with van der Waals surface area (Å²) in [5.74, 6) is 0.0884. The lowest BCUT2D eigenvalue weighted by Gasteiger charge is -2.24. The van der Waals surface area contributed by atoms with E-state index in [-0.39, 0.29) is 25.2 Å². The molecule has 1 aliphatic heterocycles. The summed E-state index contributed by atoms with van der Waals surface area (Å²) in [4.78, 5) is 25.0. The molecule has 0 saturated carbocycles. The van der Waals surface area contributed by atoms with Crippen LogP contribution in [0.1, 0.15) is 26.2 Å². The number of likely N-dealkylation sites (N-methyl/N-ethyl adjacent to an activating group) is 1. The number of ether oxygens (including phenoxy) is 2. The van der Waals surface area contributed by atoms with Crippen LogP contribution in [0.25, 0.3) is 0 Å². The number of hydrogen-bond donors (Lipinski definition) is 2. The van der Waals surface area contributed by atoms with E-state index in [4.69, 9.17) is 15.2 Å². The number of carbonyl (C=O) groups excluding carboxylic acids is 2. The van der Waals surface area contributed by atoms with Gasteiger partial charge in [0.2, 0.25) is 5.91 Å². The van der Waals surface area contributed by atoms with Crippen LogP contribution in [0.3, 0.4) is 0 Å². The first-order valence-electron chi connectivity index (χ1n) is 8.27. The molecule has 1 aromatic carbocycles. The molecule has 0 aliphatic carbocycles. The second-order valence-corrected chi connectivity index (χ2v) is 5.66. The normalized spacial score (nSPS) is 16.6. The van der Waals surface area contributed by atoms with Crippen molar-refractivity contribution >= 4 is 17.6 Å². The Hall–Kier alpha value is -2.28. The molecule has 0 spiro atoms. The fourth-order valence-electron chi connectivity index (χ4n) is 2.54. The van der Waals surface area contributed by atoms with Crippen LogP contribution in [-0.4, -0.2) is 49.2 Å². The number of anilines is 1. The molecule has 1 unspecified atom stereocenters. The number of nitrogens with one attached hydrogen (secondary N) is 1. The smallest absolute Gasteiger partial charge is 0.322 e. The highest BCUT2D eigenvalue weighted by molar-refractivity contribution is 5.91. The van der Waals surface area contributed by atoms with Gasteiger partial charge >= 0.3 is 6.03 Å². The van der Waals surface area contributed by atoms with E-state index in [1.165, 1.54) is 0 Å². The summed E-state index contributed by atoms with van der Waals surface area (Å²) in [5, 5.41) is 2.86. The first kappa shape index (κ1) is 18.1. The number of benzene rings is 1. The molecule has 1 saturated heterocycles. The van der Waals surface area contributed by atoms with Crippen LogP contribution >= 0.6 is 0 Å². The van der Waals surface area contributed by atoms with E-state index in [0.717, 1.165) is 19.4 Å². The molecule has 1 atom stereocenters. The number of rotatable bonds is 8. The quantitative estimate of drug-likeness (QED) is 0.759. The number of para-hydroxylation sites is 2. The molecule has 24 heavy (non-hydrogen) atoms. The van der Waals surface area contributed by atoms with Crippen LogP contribution in [0.5, 0.6) is 5.75 Å². The Labute approximate surface area is 142 Å². The molecule has 1 heterocycles. The molecule has 132 valence electrons. The van der Waals surface area contributed by atoms with Gasteiger partial charge in [0.15, 0.2) is 0 Å². The Kier molecular flexibility index (Phi) is 6.87. The van der Waals surface area contributed by atoms with Gasteiger partial charge in [-0.05, 0) is 31.9 Å². The van der Waals surface area contributed by atoms with E-state index >= 15 is 0 Å². The zero-order valence-electron chi connectivity index (χ0n) is 14.0. The number of carbonyl (C=O) groups is 2. The molecule has 2 rings (SSSR count). The van der Waals surface area contributed by atoms with E-state index in [2.05, 4.69) is 5.32 Å². The average molecular weight is 335 g/mol. The van der Waals surface area contributed by atoms with Crippen molar-refractivity contribution in [2.45, 2.75) is 32.3 Å². The highest BCUT2D eigenvalue weighted by atomic mass is 16.5. The standard InChI is InChI=1S/C17H25N3O4/c1-2-20(12-13-6-5-10-23-13)17(22)19-14-7-3-4-8-15(14)24-11-9-16(18)21/h3-4,7-8,13H,2,5-6,9-12H2,1H3,(H2,18,21)(H,19,22). The predicted octanol–water partition coefficient (Wildman–Crippen LogP) is 1.97. The zero-order valence-corrected chi connectivity index (χ0v) is 14.0. The van der Waals surface area contributed by atoms with E-state index in [9.17, 15) is 9.59 Å². The van der Waals surface area contributed by atoms with Crippen molar-refractivity contribution in [2.75, 3.05) is 31.6 Å². The Morgan fingerprint density at radius 2 is 2.21 bits per heavy atom. The SMILES string of the molecule is CCN(CC1CCCO1)C(=O)Nc1ccccc1OCCC(N)=O. The van der Waals surface area contributed by atoms with Gasteiger partial charge in [-0.15, -0.1) is 0 Å². The molecule has 0 bridgehead atoms. The first-order valence-corrected chi connectivity index (χ1v) is 8.27. The lowest BCUT2D eigenvalue weighted by Crippen LogP contribution is -2.40.